The molecular formula is C17H21F2NO4. The molecule has 1 fully saturated rings. The summed E-state index contributed by atoms with van der Waals surface area (Å²) in [7, 11) is 0. The number of aryl methyl sites for hydroxylation is 1. The van der Waals surface area contributed by atoms with E-state index in [1.807, 2.05) is 0 Å². The number of hydrogen-bond acceptors (Lipinski definition) is 3. The van der Waals surface area contributed by atoms with E-state index in [0.29, 0.717) is 19.3 Å². The quantitative estimate of drug-likeness (QED) is 0.762. The Kier molecular flexibility index (Phi) is 6.11. The molecule has 1 aliphatic rings. The summed E-state index contributed by atoms with van der Waals surface area (Å²) >= 11 is 0. The Hall–Kier alpha value is -2.18. The van der Waals surface area contributed by atoms with Crippen LogP contribution in [0.2, 0.25) is 0 Å². The van der Waals surface area contributed by atoms with Crippen LogP contribution in [0.4, 0.5) is 8.78 Å². The first-order valence-corrected chi connectivity index (χ1v) is 7.95. The van der Waals surface area contributed by atoms with Gasteiger partial charge in [0.25, 0.3) is 0 Å². The van der Waals surface area contributed by atoms with Crippen molar-refractivity contribution >= 4 is 11.9 Å². The molecular weight excluding hydrogens is 320 g/mol. The summed E-state index contributed by atoms with van der Waals surface area (Å²) in [6.45, 7) is -2.86. The lowest BCUT2D eigenvalue weighted by molar-refractivity contribution is -0.139. The standard InChI is InChI=1S/C17H21F2NO4/c18-16(19)24-13-6-3-12(4-7-13)5-8-14(21)20-17(11-15(22)23)9-1-2-10-17/h3-4,6-7,16H,1-2,5,8-11H2,(H,20,21)(H,22,23). The number of alkyl halides is 2. The minimum absolute atomic E-state index is 0.0571. The van der Waals surface area contributed by atoms with Crippen LogP contribution < -0.4 is 10.1 Å². The number of carbonyl (C=O) groups excluding carboxylic acids is 1. The molecule has 1 amide bonds. The van der Waals surface area contributed by atoms with Gasteiger partial charge in [-0.25, -0.2) is 0 Å². The first kappa shape index (κ1) is 18.2. The van der Waals surface area contributed by atoms with Crippen molar-refractivity contribution in [3.05, 3.63) is 29.8 Å². The second kappa shape index (κ2) is 8.08. The third-order valence-electron chi connectivity index (χ3n) is 4.24. The van der Waals surface area contributed by atoms with E-state index in [4.69, 9.17) is 5.11 Å². The number of benzene rings is 1. The van der Waals surface area contributed by atoms with Crippen LogP contribution in [0, 0.1) is 0 Å². The fourth-order valence-corrected chi connectivity index (χ4v) is 3.14. The number of rotatable bonds is 8. The van der Waals surface area contributed by atoms with E-state index in [9.17, 15) is 18.4 Å². The minimum atomic E-state index is -2.86. The summed E-state index contributed by atoms with van der Waals surface area (Å²) in [6.07, 6.45) is 3.81. The molecule has 0 aromatic heterocycles. The highest BCUT2D eigenvalue weighted by Gasteiger charge is 2.37. The Morgan fingerprint density at radius 2 is 1.83 bits per heavy atom. The maximum absolute atomic E-state index is 12.1. The smallest absolute Gasteiger partial charge is 0.387 e. The number of nitrogens with one attached hydrogen (secondary N) is 1. The molecule has 24 heavy (non-hydrogen) atoms. The van der Waals surface area contributed by atoms with Crippen LogP contribution in [0.5, 0.6) is 5.75 Å². The van der Waals surface area contributed by atoms with Crippen LogP contribution in [0.25, 0.3) is 0 Å². The first-order valence-electron chi connectivity index (χ1n) is 7.95. The second-order valence-corrected chi connectivity index (χ2v) is 6.13. The van der Waals surface area contributed by atoms with Gasteiger partial charge in [-0.2, -0.15) is 8.78 Å². The highest BCUT2D eigenvalue weighted by molar-refractivity contribution is 5.78. The largest absolute Gasteiger partial charge is 0.481 e. The molecule has 0 atom stereocenters. The van der Waals surface area contributed by atoms with E-state index >= 15 is 0 Å². The van der Waals surface area contributed by atoms with E-state index in [1.165, 1.54) is 12.1 Å². The number of halogens is 2. The van der Waals surface area contributed by atoms with Gasteiger partial charge in [-0.1, -0.05) is 25.0 Å². The average Bonchev–Trinajstić information content (AvgIpc) is 2.93. The molecule has 0 radical (unpaired) electrons. The molecule has 1 aliphatic carbocycles. The number of aliphatic carboxylic acids is 1. The van der Waals surface area contributed by atoms with Gasteiger partial charge in [-0.15, -0.1) is 0 Å². The van der Waals surface area contributed by atoms with Crippen LogP contribution in [0.3, 0.4) is 0 Å². The highest BCUT2D eigenvalue weighted by Crippen LogP contribution is 2.32. The molecule has 0 bridgehead atoms. The summed E-state index contributed by atoms with van der Waals surface area (Å²) in [5.41, 5.74) is 0.197. The molecule has 0 spiro atoms. The van der Waals surface area contributed by atoms with Gasteiger partial charge in [0.1, 0.15) is 5.75 Å². The molecule has 5 nitrogen and oxygen atoms in total. The van der Waals surface area contributed by atoms with Gasteiger partial charge in [-0.05, 0) is 37.0 Å². The van der Waals surface area contributed by atoms with Crippen LogP contribution in [-0.4, -0.2) is 29.1 Å². The molecule has 132 valence electrons. The van der Waals surface area contributed by atoms with Gasteiger partial charge in [0.05, 0.1) is 12.0 Å². The molecule has 7 heteroatoms. The van der Waals surface area contributed by atoms with Gasteiger partial charge in [0, 0.05) is 6.42 Å². The zero-order valence-electron chi connectivity index (χ0n) is 13.3. The van der Waals surface area contributed by atoms with E-state index in [0.717, 1.165) is 18.4 Å². The zero-order chi connectivity index (χ0) is 17.6. The molecule has 1 aromatic rings. The average molecular weight is 341 g/mol. The first-order chi connectivity index (χ1) is 11.4. The molecule has 0 aliphatic heterocycles. The fourth-order valence-electron chi connectivity index (χ4n) is 3.14. The van der Waals surface area contributed by atoms with E-state index in [-0.39, 0.29) is 24.5 Å². The molecule has 1 aromatic carbocycles. The lowest BCUT2D eigenvalue weighted by Crippen LogP contribution is -2.47. The van der Waals surface area contributed by atoms with Gasteiger partial charge >= 0.3 is 12.6 Å². The van der Waals surface area contributed by atoms with Crippen molar-refractivity contribution in [2.75, 3.05) is 0 Å². The van der Waals surface area contributed by atoms with Gasteiger partial charge < -0.3 is 15.2 Å². The fraction of sp³-hybridized carbons (Fsp3) is 0.529. The van der Waals surface area contributed by atoms with Crippen LogP contribution in [-0.2, 0) is 16.0 Å². The number of hydrogen-bond donors (Lipinski definition) is 2. The summed E-state index contributed by atoms with van der Waals surface area (Å²) in [5.74, 6) is -1.03. The van der Waals surface area contributed by atoms with Crippen molar-refractivity contribution in [1.82, 2.24) is 5.32 Å². The predicted molar refractivity (Wildman–Crippen MR) is 83.0 cm³/mol. The zero-order valence-corrected chi connectivity index (χ0v) is 13.3. The van der Waals surface area contributed by atoms with Gasteiger partial charge in [-0.3, -0.25) is 9.59 Å². The second-order valence-electron chi connectivity index (χ2n) is 6.13. The molecule has 0 unspecified atom stereocenters. The van der Waals surface area contributed by atoms with Crippen LogP contribution >= 0.6 is 0 Å². The Morgan fingerprint density at radius 1 is 1.21 bits per heavy atom. The topological polar surface area (TPSA) is 75.6 Å². The Balaban J connectivity index is 1.85. The maximum Gasteiger partial charge on any atom is 0.387 e. The highest BCUT2D eigenvalue weighted by atomic mass is 19.3. The number of amides is 1. The summed E-state index contributed by atoms with van der Waals surface area (Å²) < 4.78 is 28.4. The maximum atomic E-state index is 12.1. The third kappa shape index (κ3) is 5.47. The summed E-state index contributed by atoms with van der Waals surface area (Å²) in [4.78, 5) is 23.2. The lowest BCUT2D eigenvalue weighted by Gasteiger charge is -2.28. The third-order valence-corrected chi connectivity index (χ3v) is 4.24. The molecule has 2 N–H and O–H groups in total. The number of ether oxygens (including phenoxy) is 1. The molecule has 2 rings (SSSR count). The number of carbonyl (C=O) groups is 2. The van der Waals surface area contributed by atoms with Crippen molar-refractivity contribution in [2.45, 2.75) is 57.1 Å². The van der Waals surface area contributed by atoms with Crippen molar-refractivity contribution in [3.63, 3.8) is 0 Å². The Labute approximate surface area is 139 Å². The Morgan fingerprint density at radius 3 is 2.38 bits per heavy atom. The van der Waals surface area contributed by atoms with E-state index < -0.39 is 18.1 Å². The molecule has 0 saturated heterocycles. The van der Waals surface area contributed by atoms with Crippen LogP contribution in [0.1, 0.15) is 44.1 Å². The number of carboxylic acids is 1. The van der Waals surface area contributed by atoms with Crippen molar-refractivity contribution in [2.24, 2.45) is 0 Å². The van der Waals surface area contributed by atoms with Crippen LogP contribution in [0.15, 0.2) is 24.3 Å². The van der Waals surface area contributed by atoms with E-state index in [2.05, 4.69) is 10.1 Å². The van der Waals surface area contributed by atoms with Gasteiger partial charge in [0.2, 0.25) is 5.91 Å². The predicted octanol–water partition coefficient (Wildman–Crippen LogP) is 3.12. The van der Waals surface area contributed by atoms with Crippen molar-refractivity contribution in [1.29, 1.82) is 0 Å². The Bertz CT molecular complexity index is 568. The normalized spacial score (nSPS) is 16.1. The summed E-state index contributed by atoms with van der Waals surface area (Å²) in [5, 5.41) is 11.9. The lowest BCUT2D eigenvalue weighted by atomic mass is 9.93. The SMILES string of the molecule is O=C(O)CC1(NC(=O)CCc2ccc(OC(F)F)cc2)CCCC1. The van der Waals surface area contributed by atoms with Crippen molar-refractivity contribution < 1.29 is 28.2 Å². The molecule has 1 saturated carbocycles. The molecule has 0 heterocycles. The van der Waals surface area contributed by atoms with Gasteiger partial charge in [0.15, 0.2) is 0 Å². The number of carboxylic acid groups (broad SMARTS) is 1. The minimum Gasteiger partial charge on any atom is -0.481 e. The summed E-state index contributed by atoms with van der Waals surface area (Å²) in [6, 6.07) is 6.13. The van der Waals surface area contributed by atoms with Crippen molar-refractivity contribution in [3.8, 4) is 5.75 Å². The monoisotopic (exact) mass is 341 g/mol. The van der Waals surface area contributed by atoms with E-state index in [1.54, 1.807) is 12.1 Å².